The minimum absolute atomic E-state index is 0.0483. The maximum atomic E-state index is 13.6. The highest BCUT2D eigenvalue weighted by atomic mass is 35.5. The van der Waals surface area contributed by atoms with Crippen LogP contribution in [0.15, 0.2) is 66.0 Å². The average molecular weight is 503 g/mol. The molecule has 178 valence electrons. The molecule has 3 aromatic carbocycles. The van der Waals surface area contributed by atoms with Gasteiger partial charge in [-0.1, -0.05) is 56.6 Å². The Bertz CT molecular complexity index is 1290. The molecular weight excluding hydrogens is 477 g/mol. The van der Waals surface area contributed by atoms with Gasteiger partial charge in [-0.2, -0.15) is 13.2 Å². The maximum Gasteiger partial charge on any atom is 0.416 e. The zero-order valence-electron chi connectivity index (χ0n) is 19.2. The van der Waals surface area contributed by atoms with Crippen LogP contribution in [0.25, 0.3) is 10.1 Å². The molecule has 0 unspecified atom stereocenters. The van der Waals surface area contributed by atoms with Crippen LogP contribution in [-0.4, -0.2) is 0 Å². The Morgan fingerprint density at radius 1 is 0.794 bits per heavy atom. The lowest BCUT2D eigenvalue weighted by Gasteiger charge is -2.19. The van der Waals surface area contributed by atoms with Gasteiger partial charge in [0.15, 0.2) is 0 Å². The van der Waals surface area contributed by atoms with E-state index < -0.39 is 11.7 Å². The van der Waals surface area contributed by atoms with Gasteiger partial charge in [0.05, 0.1) is 5.56 Å². The van der Waals surface area contributed by atoms with Gasteiger partial charge >= 0.3 is 6.18 Å². The Hall–Kier alpha value is -2.70. The molecule has 0 fully saturated rings. The van der Waals surface area contributed by atoms with Gasteiger partial charge in [0.2, 0.25) is 0 Å². The number of alkyl halides is 3. The van der Waals surface area contributed by atoms with Crippen molar-refractivity contribution in [3.8, 4) is 0 Å². The Balaban J connectivity index is 1.52. The number of anilines is 2. The minimum atomic E-state index is -4.44. The molecule has 1 heterocycles. The van der Waals surface area contributed by atoms with E-state index in [0.717, 1.165) is 33.3 Å². The SMILES string of the molecule is CC(C)(C)c1ccc(CNc2cc(NCc3csc4ccc(Cl)cc34)cc(C(F)(F)F)c2)cc1. The van der Waals surface area contributed by atoms with E-state index in [0.29, 0.717) is 29.5 Å². The fraction of sp³-hybridized carbons (Fsp3) is 0.259. The van der Waals surface area contributed by atoms with Crippen LogP contribution in [-0.2, 0) is 24.7 Å². The molecule has 4 rings (SSSR count). The molecule has 0 atom stereocenters. The molecule has 0 saturated carbocycles. The van der Waals surface area contributed by atoms with Crippen LogP contribution in [0.2, 0.25) is 5.02 Å². The lowest BCUT2D eigenvalue weighted by molar-refractivity contribution is -0.137. The fourth-order valence-corrected chi connectivity index (χ4v) is 4.83. The van der Waals surface area contributed by atoms with E-state index in [2.05, 4.69) is 43.5 Å². The van der Waals surface area contributed by atoms with E-state index in [1.807, 2.05) is 35.7 Å². The molecular formula is C27H26ClF3N2S. The predicted octanol–water partition coefficient (Wildman–Crippen LogP) is 9.10. The summed E-state index contributed by atoms with van der Waals surface area (Å²) in [6, 6.07) is 17.8. The second kappa shape index (κ2) is 9.51. The van der Waals surface area contributed by atoms with Crippen LogP contribution in [0.4, 0.5) is 24.5 Å². The van der Waals surface area contributed by atoms with Gasteiger partial charge in [-0.15, -0.1) is 11.3 Å². The highest BCUT2D eigenvalue weighted by molar-refractivity contribution is 7.17. The van der Waals surface area contributed by atoms with E-state index >= 15 is 0 Å². The third kappa shape index (κ3) is 5.86. The summed E-state index contributed by atoms with van der Waals surface area (Å²) in [5.74, 6) is 0. The summed E-state index contributed by atoms with van der Waals surface area (Å²) in [5.41, 5.74) is 3.38. The van der Waals surface area contributed by atoms with E-state index in [9.17, 15) is 13.2 Å². The van der Waals surface area contributed by atoms with Crippen molar-refractivity contribution in [1.82, 2.24) is 0 Å². The molecule has 0 bridgehead atoms. The molecule has 0 saturated heterocycles. The smallest absolute Gasteiger partial charge is 0.381 e. The Kier molecular flexibility index (Phi) is 6.83. The van der Waals surface area contributed by atoms with Crippen molar-refractivity contribution in [2.75, 3.05) is 10.6 Å². The summed E-state index contributed by atoms with van der Waals surface area (Å²) < 4.78 is 41.8. The number of hydrogen-bond acceptors (Lipinski definition) is 3. The van der Waals surface area contributed by atoms with Crippen molar-refractivity contribution in [3.05, 3.63) is 93.3 Å². The van der Waals surface area contributed by atoms with Gasteiger partial charge in [0.1, 0.15) is 0 Å². The lowest BCUT2D eigenvalue weighted by Crippen LogP contribution is -2.11. The number of hydrogen-bond donors (Lipinski definition) is 2. The summed E-state index contributed by atoms with van der Waals surface area (Å²) >= 11 is 7.71. The van der Waals surface area contributed by atoms with Crippen LogP contribution >= 0.6 is 22.9 Å². The first-order chi connectivity index (χ1) is 16.0. The maximum absolute atomic E-state index is 13.6. The Morgan fingerprint density at radius 2 is 1.44 bits per heavy atom. The summed E-state index contributed by atoms with van der Waals surface area (Å²) in [7, 11) is 0. The minimum Gasteiger partial charge on any atom is -0.381 e. The van der Waals surface area contributed by atoms with Crippen molar-refractivity contribution in [3.63, 3.8) is 0 Å². The largest absolute Gasteiger partial charge is 0.416 e. The van der Waals surface area contributed by atoms with Gasteiger partial charge in [0.25, 0.3) is 0 Å². The van der Waals surface area contributed by atoms with E-state index in [-0.39, 0.29) is 5.41 Å². The lowest BCUT2D eigenvalue weighted by atomic mass is 9.87. The molecule has 0 aliphatic heterocycles. The van der Waals surface area contributed by atoms with Crippen LogP contribution in [0, 0.1) is 0 Å². The van der Waals surface area contributed by atoms with Crippen molar-refractivity contribution in [2.45, 2.75) is 45.5 Å². The summed E-state index contributed by atoms with van der Waals surface area (Å²) in [5, 5.41) is 9.95. The molecule has 2 N–H and O–H groups in total. The molecule has 0 spiro atoms. The zero-order valence-corrected chi connectivity index (χ0v) is 20.8. The first-order valence-corrected chi connectivity index (χ1v) is 12.2. The number of nitrogens with one attached hydrogen (secondary N) is 2. The number of benzene rings is 3. The molecule has 1 aromatic heterocycles. The van der Waals surface area contributed by atoms with Crippen LogP contribution in [0.3, 0.4) is 0 Å². The van der Waals surface area contributed by atoms with Gasteiger partial charge in [-0.3, -0.25) is 0 Å². The topological polar surface area (TPSA) is 24.1 Å². The Labute approximate surface area is 206 Å². The third-order valence-corrected chi connectivity index (χ3v) is 6.92. The molecule has 0 aliphatic carbocycles. The van der Waals surface area contributed by atoms with Gasteiger partial charge in [0, 0.05) is 34.2 Å². The molecule has 0 aliphatic rings. The van der Waals surface area contributed by atoms with Gasteiger partial charge < -0.3 is 10.6 Å². The van der Waals surface area contributed by atoms with Crippen molar-refractivity contribution < 1.29 is 13.2 Å². The summed E-state index contributed by atoms with van der Waals surface area (Å²) in [4.78, 5) is 0. The first-order valence-electron chi connectivity index (χ1n) is 10.9. The predicted molar refractivity (Wildman–Crippen MR) is 138 cm³/mol. The first kappa shape index (κ1) is 24.4. The van der Waals surface area contributed by atoms with Crippen LogP contribution in [0.5, 0.6) is 0 Å². The molecule has 4 aromatic rings. The molecule has 0 amide bonds. The normalized spacial score (nSPS) is 12.2. The van der Waals surface area contributed by atoms with Crippen LogP contribution < -0.4 is 10.6 Å². The van der Waals surface area contributed by atoms with Gasteiger partial charge in [-0.05, 0) is 69.3 Å². The number of thiophene rings is 1. The van der Waals surface area contributed by atoms with E-state index in [1.54, 1.807) is 17.4 Å². The second-order valence-corrected chi connectivity index (χ2v) is 10.7. The monoisotopic (exact) mass is 502 g/mol. The second-order valence-electron chi connectivity index (χ2n) is 9.35. The number of rotatable bonds is 6. The quantitative estimate of drug-likeness (QED) is 0.274. The summed E-state index contributed by atoms with van der Waals surface area (Å²) in [6.45, 7) is 7.26. The van der Waals surface area contributed by atoms with Crippen molar-refractivity contribution >= 4 is 44.4 Å². The highest BCUT2D eigenvalue weighted by Crippen LogP contribution is 2.34. The molecule has 34 heavy (non-hydrogen) atoms. The number of fused-ring (bicyclic) bond motifs is 1. The molecule has 7 heteroatoms. The average Bonchev–Trinajstić information content (AvgIpc) is 3.17. The zero-order chi connectivity index (χ0) is 24.5. The molecule has 0 radical (unpaired) electrons. The van der Waals surface area contributed by atoms with E-state index in [4.69, 9.17) is 11.6 Å². The molecule has 2 nitrogen and oxygen atoms in total. The fourth-order valence-electron chi connectivity index (χ4n) is 3.71. The third-order valence-electron chi connectivity index (χ3n) is 5.68. The standard InChI is InChI=1S/C27H26ClF3N2S/c1-26(2,3)19-6-4-17(5-7-19)14-32-22-10-20(27(29,30)31)11-23(13-22)33-15-18-16-34-25-9-8-21(28)12-24(18)25/h4-13,16,32-33H,14-15H2,1-3H3. The van der Waals surface area contributed by atoms with Crippen molar-refractivity contribution in [1.29, 1.82) is 0 Å². The summed E-state index contributed by atoms with van der Waals surface area (Å²) in [6.07, 6.45) is -4.44. The van der Waals surface area contributed by atoms with Crippen molar-refractivity contribution in [2.24, 2.45) is 0 Å². The van der Waals surface area contributed by atoms with Crippen LogP contribution in [0.1, 0.15) is 43.0 Å². The van der Waals surface area contributed by atoms with E-state index in [1.165, 1.54) is 5.56 Å². The van der Waals surface area contributed by atoms with Gasteiger partial charge in [-0.25, -0.2) is 0 Å². The Morgan fingerprint density at radius 3 is 2.06 bits per heavy atom. The highest BCUT2D eigenvalue weighted by Gasteiger charge is 2.31. The number of halogens is 4.